The fourth-order valence-corrected chi connectivity index (χ4v) is 6.42. The maximum atomic E-state index is 15.2. The highest BCUT2D eigenvalue weighted by Gasteiger charge is 2.36. The predicted molar refractivity (Wildman–Crippen MR) is 144 cm³/mol. The molecule has 2 atom stereocenters. The molecule has 0 unspecified atom stereocenters. The smallest absolute Gasteiger partial charge is 0.254 e. The topological polar surface area (TPSA) is 59.3 Å². The second-order valence-electron chi connectivity index (χ2n) is 11.3. The Balaban J connectivity index is 1.37. The van der Waals surface area contributed by atoms with E-state index in [0.29, 0.717) is 54.2 Å². The minimum atomic E-state index is -0.597. The second kappa shape index (κ2) is 10.6. The molecule has 3 aliphatic rings. The van der Waals surface area contributed by atoms with E-state index in [-0.39, 0.29) is 23.4 Å². The summed E-state index contributed by atoms with van der Waals surface area (Å²) in [5, 5.41) is 0. The van der Waals surface area contributed by atoms with E-state index in [1.165, 1.54) is 12.1 Å². The molecule has 7 nitrogen and oxygen atoms in total. The summed E-state index contributed by atoms with van der Waals surface area (Å²) in [4.78, 5) is 22.0. The molecule has 1 amide bonds. The van der Waals surface area contributed by atoms with Crippen LogP contribution in [0.15, 0.2) is 30.5 Å². The number of rotatable bonds is 5. The van der Waals surface area contributed by atoms with Crippen molar-refractivity contribution >= 4 is 11.4 Å². The number of fused-ring (bicyclic) bond motifs is 1. The minimum absolute atomic E-state index is 0.138. The second-order valence-corrected chi connectivity index (χ2v) is 11.3. The third-order valence-corrected chi connectivity index (χ3v) is 8.93. The van der Waals surface area contributed by atoms with Crippen LogP contribution in [0, 0.1) is 24.6 Å². The highest BCUT2D eigenvalue weighted by Crippen LogP contribution is 2.38. The van der Waals surface area contributed by atoms with Gasteiger partial charge in [0, 0.05) is 56.6 Å². The average molecular weight is 539 g/mol. The maximum absolute atomic E-state index is 15.2. The molecule has 9 heteroatoms. The molecule has 0 aliphatic carbocycles. The van der Waals surface area contributed by atoms with Crippen molar-refractivity contribution in [3.8, 4) is 11.1 Å². The number of hydrogen-bond donors (Lipinski definition) is 0. The number of amides is 1. The van der Waals surface area contributed by atoms with E-state index in [1.54, 1.807) is 22.3 Å². The van der Waals surface area contributed by atoms with Crippen LogP contribution in [0.4, 0.5) is 8.78 Å². The summed E-state index contributed by atoms with van der Waals surface area (Å²) in [5.41, 5.74) is 2.67. The lowest BCUT2D eigenvalue weighted by molar-refractivity contribution is 0.00361. The van der Waals surface area contributed by atoms with E-state index >= 15 is 4.39 Å². The monoisotopic (exact) mass is 538 g/mol. The number of carbonyl (C=O) groups excluding carboxylic acids is 1. The van der Waals surface area contributed by atoms with Crippen LogP contribution in [0.2, 0.25) is 0 Å². The third kappa shape index (κ3) is 4.85. The molecular weight excluding hydrogens is 502 g/mol. The van der Waals surface area contributed by atoms with E-state index in [9.17, 15) is 9.18 Å². The number of pyridine rings is 1. The molecule has 3 fully saturated rings. The Morgan fingerprint density at radius 2 is 1.85 bits per heavy atom. The minimum Gasteiger partial charge on any atom is -0.381 e. The zero-order valence-corrected chi connectivity index (χ0v) is 22.8. The first-order valence-electron chi connectivity index (χ1n) is 14.0. The summed E-state index contributed by atoms with van der Waals surface area (Å²) in [6, 6.07) is 6.52. The van der Waals surface area contributed by atoms with Gasteiger partial charge < -0.3 is 18.8 Å². The normalized spacial score (nSPS) is 22.3. The summed E-state index contributed by atoms with van der Waals surface area (Å²) >= 11 is 0. The van der Waals surface area contributed by atoms with Gasteiger partial charge in [-0.15, -0.1) is 0 Å². The number of imidazole rings is 1. The van der Waals surface area contributed by atoms with Crippen molar-refractivity contribution in [2.75, 3.05) is 46.1 Å². The summed E-state index contributed by atoms with van der Waals surface area (Å²) in [7, 11) is 0. The van der Waals surface area contributed by atoms with Gasteiger partial charge in [0.05, 0.1) is 24.8 Å². The number of halogens is 2. The molecule has 0 spiro atoms. The largest absolute Gasteiger partial charge is 0.381 e. The number of likely N-dealkylation sites (tertiary alicyclic amines) is 1. The molecule has 3 saturated heterocycles. The summed E-state index contributed by atoms with van der Waals surface area (Å²) in [5.74, 6) is 0.0731. The van der Waals surface area contributed by atoms with Gasteiger partial charge in [-0.3, -0.25) is 9.69 Å². The zero-order chi connectivity index (χ0) is 27.3. The van der Waals surface area contributed by atoms with Crippen LogP contribution in [-0.4, -0.2) is 83.2 Å². The molecule has 0 bridgehead atoms. The first-order valence-corrected chi connectivity index (χ1v) is 14.0. The lowest BCUT2D eigenvalue weighted by Crippen LogP contribution is -2.52. The molecule has 3 aliphatic heterocycles. The summed E-state index contributed by atoms with van der Waals surface area (Å²) < 4.78 is 42.6. The molecular formula is C30H36F2N4O3. The van der Waals surface area contributed by atoms with E-state index in [4.69, 9.17) is 9.47 Å². The summed E-state index contributed by atoms with van der Waals surface area (Å²) in [6.45, 7) is 10.8. The van der Waals surface area contributed by atoms with Gasteiger partial charge in [0.25, 0.3) is 5.91 Å². The number of morpholine rings is 1. The van der Waals surface area contributed by atoms with Gasteiger partial charge in [-0.05, 0) is 68.9 Å². The number of ether oxygens (including phenoxy) is 2. The van der Waals surface area contributed by atoms with Crippen LogP contribution in [0.3, 0.4) is 0 Å². The van der Waals surface area contributed by atoms with Crippen LogP contribution in [-0.2, 0) is 9.47 Å². The quantitative estimate of drug-likeness (QED) is 0.473. The van der Waals surface area contributed by atoms with Crippen molar-refractivity contribution in [1.82, 2.24) is 19.2 Å². The van der Waals surface area contributed by atoms with Crippen molar-refractivity contribution in [2.24, 2.45) is 5.92 Å². The van der Waals surface area contributed by atoms with Gasteiger partial charge in [0.1, 0.15) is 17.2 Å². The Kier molecular flexibility index (Phi) is 7.16. The molecule has 2 aromatic heterocycles. The van der Waals surface area contributed by atoms with Crippen molar-refractivity contribution in [1.29, 1.82) is 0 Å². The van der Waals surface area contributed by atoms with Crippen molar-refractivity contribution in [2.45, 2.75) is 51.6 Å². The number of nitrogens with zero attached hydrogens (tertiary/aromatic N) is 4. The number of aryl methyl sites for hydroxylation is 1. The average Bonchev–Trinajstić information content (AvgIpc) is 3.20. The molecule has 0 radical (unpaired) electrons. The third-order valence-electron chi connectivity index (χ3n) is 8.93. The SMILES string of the molecule is Cc1nc(F)c2c(-c3ccc(F)cc3C(=O)N3CCOC[C@H]3C)cc(C3CN([C@@H](C)C4CCOCC4)C3)cn12. The highest BCUT2D eigenvalue weighted by atomic mass is 19.1. The number of aromatic nitrogens is 2. The van der Waals surface area contributed by atoms with Crippen molar-refractivity contribution in [3.63, 3.8) is 0 Å². The molecule has 3 aromatic rings. The van der Waals surface area contributed by atoms with Crippen LogP contribution in [0.5, 0.6) is 0 Å². The van der Waals surface area contributed by atoms with Gasteiger partial charge in [0.15, 0.2) is 0 Å². The Bertz CT molecular complexity index is 1380. The van der Waals surface area contributed by atoms with Gasteiger partial charge >= 0.3 is 0 Å². The Labute approximate surface area is 227 Å². The molecule has 0 N–H and O–H groups in total. The maximum Gasteiger partial charge on any atom is 0.254 e. The molecule has 5 heterocycles. The Morgan fingerprint density at radius 3 is 2.59 bits per heavy atom. The van der Waals surface area contributed by atoms with Crippen LogP contribution in [0.1, 0.15) is 54.4 Å². The van der Waals surface area contributed by atoms with Crippen molar-refractivity contribution in [3.05, 3.63) is 59.2 Å². The molecule has 208 valence electrons. The van der Waals surface area contributed by atoms with Gasteiger partial charge in [-0.1, -0.05) is 6.07 Å². The molecule has 6 rings (SSSR count). The summed E-state index contributed by atoms with van der Waals surface area (Å²) in [6.07, 6.45) is 4.16. The van der Waals surface area contributed by atoms with E-state index in [0.717, 1.165) is 44.7 Å². The molecule has 1 aromatic carbocycles. The predicted octanol–water partition coefficient (Wildman–Crippen LogP) is 4.66. The fourth-order valence-electron chi connectivity index (χ4n) is 6.42. The standard InChI is InChI=1S/C30H36F2N4O3/c1-18-17-39-11-8-35(18)30(37)27-13-24(31)4-5-25(27)26-12-22(16-36-20(3)33-29(32)28(26)36)23-14-34(15-23)19(2)21-6-9-38-10-7-21/h4-5,12-13,16,18-19,21,23H,6-11,14-15,17H2,1-3H3/t18-,19+/m1/s1. The van der Waals surface area contributed by atoms with E-state index in [2.05, 4.69) is 16.8 Å². The van der Waals surface area contributed by atoms with Crippen LogP contribution < -0.4 is 0 Å². The molecule has 0 saturated carbocycles. The van der Waals surface area contributed by atoms with E-state index < -0.39 is 11.8 Å². The van der Waals surface area contributed by atoms with Crippen LogP contribution in [0.25, 0.3) is 16.6 Å². The highest BCUT2D eigenvalue weighted by molar-refractivity contribution is 6.03. The van der Waals surface area contributed by atoms with Crippen LogP contribution >= 0.6 is 0 Å². The van der Waals surface area contributed by atoms with Gasteiger partial charge in [-0.2, -0.15) is 4.39 Å². The first kappa shape index (κ1) is 26.3. The van der Waals surface area contributed by atoms with Gasteiger partial charge in [-0.25, -0.2) is 9.37 Å². The zero-order valence-electron chi connectivity index (χ0n) is 22.8. The number of hydrogen-bond acceptors (Lipinski definition) is 5. The lowest BCUT2D eigenvalue weighted by atomic mass is 9.84. The fraction of sp³-hybridized carbons (Fsp3) is 0.533. The first-order chi connectivity index (χ1) is 18.8. The Hall–Kier alpha value is -2.88. The number of benzene rings is 1. The van der Waals surface area contributed by atoms with Gasteiger partial charge in [0.2, 0.25) is 5.95 Å². The Morgan fingerprint density at radius 1 is 1.08 bits per heavy atom. The lowest BCUT2D eigenvalue weighted by Gasteiger charge is -2.46. The molecule has 39 heavy (non-hydrogen) atoms. The number of carbonyl (C=O) groups is 1. The van der Waals surface area contributed by atoms with Crippen molar-refractivity contribution < 1.29 is 23.0 Å². The van der Waals surface area contributed by atoms with E-state index in [1.807, 2.05) is 19.2 Å².